The predicted octanol–water partition coefficient (Wildman–Crippen LogP) is 3.03. The third-order valence-corrected chi connectivity index (χ3v) is 5.12. The standard InChI is InChI=1S/C20H19F3N6O/c21-20(22,23)17-3-7-25-19(27-17)28-8-4-14(5-9-28)12-29-13-26-16(10-18(29)30)15-2-1-6-24-11-15/h1-3,6-7,10-11,13-14H,4-5,8-9,12H2. The maximum atomic E-state index is 12.9. The topological polar surface area (TPSA) is 76.8 Å². The smallest absolute Gasteiger partial charge is 0.341 e. The molecule has 1 fully saturated rings. The Balaban J connectivity index is 1.39. The van der Waals surface area contributed by atoms with Gasteiger partial charge in [-0.2, -0.15) is 13.2 Å². The molecule has 0 bridgehead atoms. The lowest BCUT2D eigenvalue weighted by atomic mass is 9.97. The van der Waals surface area contributed by atoms with E-state index in [1.54, 1.807) is 27.9 Å². The molecule has 10 heteroatoms. The lowest BCUT2D eigenvalue weighted by molar-refractivity contribution is -0.141. The summed E-state index contributed by atoms with van der Waals surface area (Å²) in [6.45, 7) is 1.57. The van der Waals surface area contributed by atoms with E-state index in [1.807, 2.05) is 6.07 Å². The fourth-order valence-electron chi connectivity index (χ4n) is 3.49. The van der Waals surface area contributed by atoms with Crippen molar-refractivity contribution in [3.8, 4) is 11.3 Å². The third kappa shape index (κ3) is 4.47. The maximum Gasteiger partial charge on any atom is 0.433 e. The maximum absolute atomic E-state index is 12.9. The van der Waals surface area contributed by atoms with Gasteiger partial charge in [-0.1, -0.05) is 0 Å². The van der Waals surface area contributed by atoms with E-state index in [4.69, 9.17) is 0 Å². The van der Waals surface area contributed by atoms with Crippen molar-refractivity contribution in [1.29, 1.82) is 0 Å². The van der Waals surface area contributed by atoms with Gasteiger partial charge in [-0.25, -0.2) is 15.0 Å². The van der Waals surface area contributed by atoms with Crippen molar-refractivity contribution >= 4 is 5.95 Å². The Morgan fingerprint density at radius 2 is 1.90 bits per heavy atom. The summed E-state index contributed by atoms with van der Waals surface area (Å²) in [7, 11) is 0. The van der Waals surface area contributed by atoms with Gasteiger partial charge in [0, 0.05) is 49.9 Å². The van der Waals surface area contributed by atoms with Crippen molar-refractivity contribution in [3.05, 3.63) is 65.2 Å². The van der Waals surface area contributed by atoms with Crippen LogP contribution in [-0.2, 0) is 12.7 Å². The first kappa shape index (κ1) is 20.0. The average Bonchev–Trinajstić information content (AvgIpc) is 2.76. The monoisotopic (exact) mass is 416 g/mol. The second-order valence-corrected chi connectivity index (χ2v) is 7.18. The van der Waals surface area contributed by atoms with E-state index in [2.05, 4.69) is 19.9 Å². The van der Waals surface area contributed by atoms with Crippen LogP contribution in [0.5, 0.6) is 0 Å². The molecule has 0 aromatic carbocycles. The first-order valence-corrected chi connectivity index (χ1v) is 9.52. The van der Waals surface area contributed by atoms with Crippen molar-refractivity contribution in [2.75, 3.05) is 18.0 Å². The SMILES string of the molecule is O=c1cc(-c2cccnc2)ncn1CC1CCN(c2nccc(C(F)(F)F)n2)CC1. The second kappa shape index (κ2) is 8.21. The molecule has 0 spiro atoms. The number of piperidine rings is 1. The van der Waals surface area contributed by atoms with Crippen LogP contribution in [0, 0.1) is 5.92 Å². The molecule has 3 aromatic rings. The van der Waals surface area contributed by atoms with Crippen molar-refractivity contribution in [3.63, 3.8) is 0 Å². The predicted molar refractivity (Wildman–Crippen MR) is 104 cm³/mol. The van der Waals surface area contributed by atoms with Crippen molar-refractivity contribution in [2.45, 2.75) is 25.6 Å². The van der Waals surface area contributed by atoms with Gasteiger partial charge in [0.25, 0.3) is 5.56 Å². The number of alkyl halides is 3. The van der Waals surface area contributed by atoms with Gasteiger partial charge >= 0.3 is 6.18 Å². The van der Waals surface area contributed by atoms with Crippen molar-refractivity contribution < 1.29 is 13.2 Å². The van der Waals surface area contributed by atoms with Gasteiger partial charge in [0.1, 0.15) is 5.69 Å². The molecular formula is C20H19F3N6O. The molecule has 0 radical (unpaired) electrons. The number of pyridine rings is 1. The molecule has 0 N–H and O–H groups in total. The number of anilines is 1. The van der Waals surface area contributed by atoms with E-state index in [1.165, 1.54) is 12.4 Å². The minimum absolute atomic E-state index is 0.0860. The summed E-state index contributed by atoms with van der Waals surface area (Å²) in [5.74, 6) is 0.304. The zero-order chi connectivity index (χ0) is 21.1. The molecule has 0 atom stereocenters. The van der Waals surface area contributed by atoms with Gasteiger partial charge in [0.05, 0.1) is 12.0 Å². The highest BCUT2D eigenvalue weighted by atomic mass is 19.4. The van der Waals surface area contributed by atoms with Crippen LogP contribution in [0.4, 0.5) is 19.1 Å². The van der Waals surface area contributed by atoms with Crippen LogP contribution >= 0.6 is 0 Å². The minimum atomic E-state index is -4.49. The number of rotatable bonds is 4. The molecule has 1 saturated heterocycles. The average molecular weight is 416 g/mol. The number of hydrogen-bond donors (Lipinski definition) is 0. The Morgan fingerprint density at radius 1 is 1.10 bits per heavy atom. The molecular weight excluding hydrogens is 397 g/mol. The number of hydrogen-bond acceptors (Lipinski definition) is 6. The van der Waals surface area contributed by atoms with Gasteiger partial charge < -0.3 is 4.90 Å². The van der Waals surface area contributed by atoms with E-state index in [9.17, 15) is 18.0 Å². The summed E-state index contributed by atoms with van der Waals surface area (Å²) in [5.41, 5.74) is 0.255. The molecule has 4 rings (SSSR count). The fourth-order valence-corrected chi connectivity index (χ4v) is 3.49. The van der Waals surface area contributed by atoms with E-state index in [0.29, 0.717) is 25.3 Å². The number of aromatic nitrogens is 5. The highest BCUT2D eigenvalue weighted by molar-refractivity contribution is 5.56. The van der Waals surface area contributed by atoms with Crippen LogP contribution < -0.4 is 10.5 Å². The summed E-state index contributed by atoms with van der Waals surface area (Å²) in [4.78, 5) is 30.2. The van der Waals surface area contributed by atoms with E-state index < -0.39 is 11.9 Å². The Labute approximate surface area is 170 Å². The Bertz CT molecular complexity index is 1060. The summed E-state index contributed by atoms with van der Waals surface area (Å²) in [6, 6.07) is 5.97. The molecule has 156 valence electrons. The molecule has 7 nitrogen and oxygen atoms in total. The van der Waals surface area contributed by atoms with Gasteiger partial charge in [0.15, 0.2) is 0 Å². The number of nitrogens with zero attached hydrogens (tertiary/aromatic N) is 6. The lowest BCUT2D eigenvalue weighted by Gasteiger charge is -2.32. The van der Waals surface area contributed by atoms with Crippen molar-refractivity contribution in [1.82, 2.24) is 24.5 Å². The largest absolute Gasteiger partial charge is 0.433 e. The summed E-state index contributed by atoms with van der Waals surface area (Å²) >= 11 is 0. The fraction of sp³-hybridized carbons (Fsp3) is 0.350. The highest BCUT2D eigenvalue weighted by Gasteiger charge is 2.33. The highest BCUT2D eigenvalue weighted by Crippen LogP contribution is 2.29. The molecule has 1 aliphatic rings. The summed E-state index contributed by atoms with van der Waals surface area (Å²) < 4.78 is 40.2. The molecule has 0 amide bonds. The zero-order valence-electron chi connectivity index (χ0n) is 16.0. The molecule has 30 heavy (non-hydrogen) atoms. The van der Waals surface area contributed by atoms with Crippen LogP contribution in [0.25, 0.3) is 11.3 Å². The quantitative estimate of drug-likeness (QED) is 0.651. The zero-order valence-corrected chi connectivity index (χ0v) is 16.0. The molecule has 4 heterocycles. The van der Waals surface area contributed by atoms with E-state index in [0.717, 1.165) is 30.7 Å². The van der Waals surface area contributed by atoms with Gasteiger partial charge in [0.2, 0.25) is 5.95 Å². The van der Waals surface area contributed by atoms with E-state index >= 15 is 0 Å². The molecule has 0 aliphatic carbocycles. The summed E-state index contributed by atoms with van der Waals surface area (Å²) in [6.07, 6.45) is 2.91. The van der Waals surface area contributed by atoms with Crippen LogP contribution in [-0.4, -0.2) is 37.6 Å². The Morgan fingerprint density at radius 3 is 2.57 bits per heavy atom. The minimum Gasteiger partial charge on any atom is -0.341 e. The van der Waals surface area contributed by atoms with Crippen LogP contribution in [0.1, 0.15) is 18.5 Å². The van der Waals surface area contributed by atoms with Crippen molar-refractivity contribution in [2.24, 2.45) is 5.92 Å². The van der Waals surface area contributed by atoms with Crippen LogP contribution in [0.3, 0.4) is 0 Å². The first-order chi connectivity index (χ1) is 14.4. The third-order valence-electron chi connectivity index (χ3n) is 5.12. The normalized spacial score (nSPS) is 15.4. The van der Waals surface area contributed by atoms with Crippen LogP contribution in [0.2, 0.25) is 0 Å². The first-order valence-electron chi connectivity index (χ1n) is 9.52. The second-order valence-electron chi connectivity index (χ2n) is 7.18. The van der Waals surface area contributed by atoms with Gasteiger partial charge in [-0.3, -0.25) is 14.3 Å². The molecule has 0 saturated carbocycles. The molecule has 0 unspecified atom stereocenters. The number of halogens is 3. The van der Waals surface area contributed by atoms with Crippen LogP contribution in [0.15, 0.2) is 54.0 Å². The molecule has 3 aromatic heterocycles. The Hall–Kier alpha value is -3.30. The van der Waals surface area contributed by atoms with Gasteiger partial charge in [-0.05, 0) is 37.0 Å². The Kier molecular flexibility index (Phi) is 5.47. The summed E-state index contributed by atoms with van der Waals surface area (Å²) in [5, 5.41) is 0. The van der Waals surface area contributed by atoms with Gasteiger partial charge in [-0.15, -0.1) is 0 Å². The van der Waals surface area contributed by atoms with E-state index in [-0.39, 0.29) is 17.4 Å². The lowest BCUT2D eigenvalue weighted by Crippen LogP contribution is -2.37. The molecule has 1 aliphatic heterocycles.